The van der Waals surface area contributed by atoms with E-state index in [2.05, 4.69) is 4.90 Å². The van der Waals surface area contributed by atoms with Crippen molar-refractivity contribution in [3.63, 3.8) is 0 Å². The first-order valence-corrected chi connectivity index (χ1v) is 11.9. The lowest BCUT2D eigenvalue weighted by molar-refractivity contribution is -0.122. The Hall–Kier alpha value is -2.93. The highest BCUT2D eigenvalue weighted by atomic mass is 32.2. The van der Waals surface area contributed by atoms with E-state index in [1.807, 2.05) is 36.4 Å². The number of nitrogens with zero attached hydrogens (tertiary/aromatic N) is 4. The lowest BCUT2D eigenvalue weighted by Crippen LogP contribution is -2.40. The molecular weight excluding hydrogens is 456 g/mol. The second kappa shape index (κ2) is 9.91. The Morgan fingerprint density at radius 2 is 1.91 bits per heavy atom. The second-order valence-corrected chi connectivity index (χ2v) is 9.56. The molecule has 2 saturated heterocycles. The van der Waals surface area contributed by atoms with Crippen LogP contribution in [-0.4, -0.2) is 52.5 Å². The normalized spacial score (nSPS) is 17.7. The third kappa shape index (κ3) is 4.60. The zero-order valence-electron chi connectivity index (χ0n) is 18.5. The van der Waals surface area contributed by atoms with Gasteiger partial charge in [-0.15, -0.1) is 0 Å². The fourth-order valence-corrected chi connectivity index (χ4v) is 5.37. The van der Waals surface area contributed by atoms with Gasteiger partial charge in [-0.05, 0) is 30.5 Å². The van der Waals surface area contributed by atoms with Crippen LogP contribution in [0.2, 0.25) is 0 Å². The topological polar surface area (TPSA) is 78.6 Å². The molecule has 0 saturated carbocycles. The van der Waals surface area contributed by atoms with Crippen LogP contribution in [0, 0.1) is 18.3 Å². The molecule has 0 atom stereocenters. The summed E-state index contributed by atoms with van der Waals surface area (Å²) in [7, 11) is 1.66. The average Bonchev–Trinajstić information content (AvgIpc) is 3.10. The number of carbonyl (C=O) groups excluding carboxylic acids is 1. The van der Waals surface area contributed by atoms with Gasteiger partial charge in [0, 0.05) is 32.2 Å². The summed E-state index contributed by atoms with van der Waals surface area (Å²) < 4.78 is 7.48. The van der Waals surface area contributed by atoms with Gasteiger partial charge in [0.2, 0.25) is 0 Å². The van der Waals surface area contributed by atoms with E-state index in [4.69, 9.17) is 17.0 Å². The maximum Gasteiger partial charge on any atom is 0.270 e. The Balaban J connectivity index is 1.71. The monoisotopic (exact) mass is 480 g/mol. The largest absolute Gasteiger partial charge is 0.378 e. The number of rotatable bonds is 5. The number of morpholine rings is 1. The van der Waals surface area contributed by atoms with Crippen molar-refractivity contribution < 1.29 is 9.53 Å². The number of ether oxygens (including phenoxy) is 1. The quantitative estimate of drug-likeness (QED) is 0.481. The summed E-state index contributed by atoms with van der Waals surface area (Å²) in [4.78, 5) is 30.2. The van der Waals surface area contributed by atoms with Crippen LogP contribution in [0.5, 0.6) is 0 Å². The molecule has 170 valence electrons. The number of benzene rings is 1. The minimum atomic E-state index is -0.343. The van der Waals surface area contributed by atoms with Gasteiger partial charge in [0.05, 0.1) is 18.1 Å². The Morgan fingerprint density at radius 1 is 1.21 bits per heavy atom. The van der Waals surface area contributed by atoms with Gasteiger partial charge < -0.3 is 9.64 Å². The molecule has 33 heavy (non-hydrogen) atoms. The van der Waals surface area contributed by atoms with Crippen molar-refractivity contribution in [2.75, 3.05) is 37.7 Å². The number of thioether (sulfide) groups is 1. The van der Waals surface area contributed by atoms with E-state index in [1.165, 1.54) is 16.3 Å². The van der Waals surface area contributed by atoms with Crippen LogP contribution in [0.1, 0.15) is 22.3 Å². The first kappa shape index (κ1) is 23.2. The molecular formula is C24H24N4O3S2. The number of hydrogen-bond donors (Lipinski definition) is 0. The summed E-state index contributed by atoms with van der Waals surface area (Å²) in [6, 6.07) is 12.0. The first-order chi connectivity index (χ1) is 15.9. The van der Waals surface area contributed by atoms with Gasteiger partial charge >= 0.3 is 0 Å². The van der Waals surface area contributed by atoms with Crippen molar-refractivity contribution in [3.8, 4) is 6.07 Å². The SMILES string of the molecule is Cc1c(/C=C2\SC(=S)N(CCc3ccccc3)C2=O)c(N2CCOCC2)n(C)c(=O)c1C#N. The van der Waals surface area contributed by atoms with E-state index in [1.54, 1.807) is 24.9 Å². The number of thiocarbonyl (C=S) groups is 1. The van der Waals surface area contributed by atoms with Crippen LogP contribution >= 0.6 is 24.0 Å². The third-order valence-corrected chi connectivity index (χ3v) is 7.27. The number of pyridine rings is 1. The van der Waals surface area contributed by atoms with Crippen molar-refractivity contribution in [1.29, 1.82) is 5.26 Å². The minimum Gasteiger partial charge on any atom is -0.378 e. The van der Waals surface area contributed by atoms with Gasteiger partial charge in [0.15, 0.2) is 0 Å². The van der Waals surface area contributed by atoms with E-state index < -0.39 is 0 Å². The predicted octanol–water partition coefficient (Wildman–Crippen LogP) is 2.85. The molecule has 0 radical (unpaired) electrons. The maximum absolute atomic E-state index is 13.2. The smallest absolute Gasteiger partial charge is 0.270 e. The van der Waals surface area contributed by atoms with E-state index >= 15 is 0 Å². The lowest BCUT2D eigenvalue weighted by atomic mass is 10.0. The highest BCUT2D eigenvalue weighted by Crippen LogP contribution is 2.35. The molecule has 1 amide bonds. The Bertz CT molecular complexity index is 1220. The van der Waals surface area contributed by atoms with E-state index in [-0.39, 0.29) is 17.0 Å². The van der Waals surface area contributed by atoms with E-state index in [0.29, 0.717) is 65.4 Å². The molecule has 9 heteroatoms. The molecule has 1 aromatic heterocycles. The Morgan fingerprint density at radius 3 is 2.58 bits per heavy atom. The van der Waals surface area contributed by atoms with Gasteiger partial charge in [-0.25, -0.2) is 0 Å². The molecule has 3 heterocycles. The van der Waals surface area contributed by atoms with Gasteiger partial charge in [0.1, 0.15) is 21.8 Å². The number of hydrogen-bond acceptors (Lipinski definition) is 7. The molecule has 0 spiro atoms. The fraction of sp³-hybridized carbons (Fsp3) is 0.333. The standard InChI is InChI=1S/C24H24N4O3S2/c1-16-18(21(27-10-12-31-13-11-27)26(2)22(29)19(16)15-25)14-20-23(30)28(24(32)33-20)9-8-17-6-4-3-5-7-17/h3-7,14H,8-13H2,1-2H3/b20-14-. The van der Waals surface area contributed by atoms with Crippen LogP contribution < -0.4 is 10.5 Å². The van der Waals surface area contributed by atoms with E-state index in [9.17, 15) is 14.9 Å². The van der Waals surface area contributed by atoms with Gasteiger partial charge in [-0.1, -0.05) is 54.3 Å². The summed E-state index contributed by atoms with van der Waals surface area (Å²) in [6.07, 6.45) is 2.49. The van der Waals surface area contributed by atoms with Crippen molar-refractivity contribution >= 4 is 46.1 Å². The van der Waals surface area contributed by atoms with Crippen LogP contribution in [0.4, 0.5) is 5.82 Å². The van der Waals surface area contributed by atoms with Crippen molar-refractivity contribution in [3.05, 3.63) is 67.8 Å². The third-order valence-electron chi connectivity index (χ3n) is 5.89. The number of amides is 1. The number of carbonyl (C=O) groups is 1. The zero-order chi connectivity index (χ0) is 23.5. The Kier molecular flexibility index (Phi) is 6.98. The highest BCUT2D eigenvalue weighted by molar-refractivity contribution is 8.26. The lowest BCUT2D eigenvalue weighted by Gasteiger charge is -2.32. The number of anilines is 1. The summed E-state index contributed by atoms with van der Waals surface area (Å²) in [5.74, 6) is 0.537. The minimum absolute atomic E-state index is 0.0836. The summed E-state index contributed by atoms with van der Waals surface area (Å²) in [5.41, 5.74) is 2.14. The van der Waals surface area contributed by atoms with E-state index in [0.717, 1.165) is 5.56 Å². The molecule has 2 aliphatic heterocycles. The molecule has 0 N–H and O–H groups in total. The maximum atomic E-state index is 13.2. The fourth-order valence-electron chi connectivity index (χ4n) is 4.08. The molecule has 2 fully saturated rings. The summed E-state index contributed by atoms with van der Waals surface area (Å²) in [6.45, 7) is 4.60. The van der Waals surface area contributed by atoms with Crippen LogP contribution in [0.15, 0.2) is 40.0 Å². The molecule has 0 unspecified atom stereocenters. The molecule has 2 aromatic rings. The number of aromatic nitrogens is 1. The van der Waals surface area contributed by atoms with Crippen LogP contribution in [-0.2, 0) is 23.0 Å². The number of nitriles is 1. The second-order valence-electron chi connectivity index (χ2n) is 7.88. The molecule has 4 rings (SSSR count). The first-order valence-electron chi connectivity index (χ1n) is 10.7. The predicted molar refractivity (Wildman–Crippen MR) is 134 cm³/mol. The molecule has 0 bridgehead atoms. The highest BCUT2D eigenvalue weighted by Gasteiger charge is 2.33. The van der Waals surface area contributed by atoms with Crippen LogP contribution in [0.3, 0.4) is 0 Å². The summed E-state index contributed by atoms with van der Waals surface area (Å²) >= 11 is 6.76. The molecule has 0 aliphatic carbocycles. The van der Waals surface area contributed by atoms with Crippen molar-refractivity contribution in [1.82, 2.24) is 9.47 Å². The van der Waals surface area contributed by atoms with Gasteiger partial charge in [0.25, 0.3) is 11.5 Å². The summed E-state index contributed by atoms with van der Waals surface area (Å²) in [5, 5.41) is 9.61. The molecule has 1 aromatic carbocycles. The van der Waals surface area contributed by atoms with Gasteiger partial charge in [-0.2, -0.15) is 5.26 Å². The average molecular weight is 481 g/mol. The zero-order valence-corrected chi connectivity index (χ0v) is 20.2. The van der Waals surface area contributed by atoms with Crippen molar-refractivity contribution in [2.24, 2.45) is 7.05 Å². The van der Waals surface area contributed by atoms with Gasteiger partial charge in [-0.3, -0.25) is 19.1 Å². The van der Waals surface area contributed by atoms with Crippen LogP contribution in [0.25, 0.3) is 6.08 Å². The molecule has 7 nitrogen and oxygen atoms in total. The Labute approximate surface area is 202 Å². The molecule has 2 aliphatic rings. The van der Waals surface area contributed by atoms with Crippen molar-refractivity contribution in [2.45, 2.75) is 13.3 Å².